The minimum absolute atomic E-state index is 0.0370. The third-order valence-electron chi connectivity index (χ3n) is 4.21. The fourth-order valence-electron chi connectivity index (χ4n) is 3.08. The molecule has 0 radical (unpaired) electrons. The van der Waals surface area contributed by atoms with Gasteiger partial charge in [-0.25, -0.2) is 4.79 Å². The number of hydrogen-bond acceptors (Lipinski definition) is 2. The van der Waals surface area contributed by atoms with Crippen molar-refractivity contribution in [2.75, 3.05) is 13.1 Å². The molecule has 4 heteroatoms. The van der Waals surface area contributed by atoms with Gasteiger partial charge in [-0.2, -0.15) is 5.26 Å². The van der Waals surface area contributed by atoms with Crippen molar-refractivity contribution in [3.8, 4) is 6.07 Å². The number of rotatable bonds is 1. The van der Waals surface area contributed by atoms with E-state index in [1.165, 1.54) is 12.8 Å². The molecular weight excluding hydrogens is 226 g/mol. The van der Waals surface area contributed by atoms with E-state index in [0.717, 1.165) is 45.2 Å². The zero-order valence-electron chi connectivity index (χ0n) is 11.2. The van der Waals surface area contributed by atoms with E-state index in [0.29, 0.717) is 5.92 Å². The van der Waals surface area contributed by atoms with Crippen molar-refractivity contribution in [3.63, 3.8) is 0 Å². The van der Waals surface area contributed by atoms with E-state index in [1.807, 2.05) is 4.90 Å². The van der Waals surface area contributed by atoms with Gasteiger partial charge in [0.15, 0.2) is 0 Å². The average molecular weight is 249 g/mol. The summed E-state index contributed by atoms with van der Waals surface area (Å²) in [6, 6.07) is 2.30. The van der Waals surface area contributed by atoms with Gasteiger partial charge in [0.1, 0.15) is 5.54 Å². The lowest BCUT2D eigenvalue weighted by Crippen LogP contribution is -2.55. The molecule has 2 fully saturated rings. The average Bonchev–Trinajstić information content (AvgIpc) is 2.40. The van der Waals surface area contributed by atoms with E-state index in [2.05, 4.69) is 18.3 Å². The monoisotopic (exact) mass is 249 g/mol. The second kappa shape index (κ2) is 5.60. The Morgan fingerprint density at radius 2 is 2.06 bits per heavy atom. The number of nitrogens with one attached hydrogen (secondary N) is 1. The van der Waals surface area contributed by atoms with E-state index < -0.39 is 5.54 Å². The first-order valence-electron chi connectivity index (χ1n) is 7.13. The summed E-state index contributed by atoms with van der Waals surface area (Å²) in [4.78, 5) is 14.1. The Morgan fingerprint density at radius 3 is 2.67 bits per heavy atom. The van der Waals surface area contributed by atoms with Crippen LogP contribution in [0.5, 0.6) is 0 Å². The summed E-state index contributed by atoms with van der Waals surface area (Å²) in [5, 5.41) is 12.4. The van der Waals surface area contributed by atoms with Gasteiger partial charge < -0.3 is 10.2 Å². The minimum Gasteiger partial charge on any atom is -0.325 e. The van der Waals surface area contributed by atoms with Crippen LogP contribution in [-0.2, 0) is 0 Å². The Hall–Kier alpha value is -1.24. The summed E-state index contributed by atoms with van der Waals surface area (Å²) in [5.74, 6) is 0.578. The molecule has 0 bridgehead atoms. The lowest BCUT2D eigenvalue weighted by atomic mass is 9.83. The Bertz CT molecular complexity index is 341. The van der Waals surface area contributed by atoms with Crippen molar-refractivity contribution >= 4 is 6.03 Å². The zero-order valence-corrected chi connectivity index (χ0v) is 11.2. The van der Waals surface area contributed by atoms with Crippen LogP contribution in [0, 0.1) is 17.2 Å². The molecule has 1 N–H and O–H groups in total. The Labute approximate surface area is 109 Å². The van der Waals surface area contributed by atoms with Gasteiger partial charge in [-0.05, 0) is 31.6 Å². The van der Waals surface area contributed by atoms with Crippen LogP contribution in [0.15, 0.2) is 0 Å². The summed E-state index contributed by atoms with van der Waals surface area (Å²) in [6.07, 6.45) is 7.16. The van der Waals surface area contributed by atoms with Crippen molar-refractivity contribution in [2.24, 2.45) is 5.92 Å². The molecule has 2 aliphatic rings. The summed E-state index contributed by atoms with van der Waals surface area (Å²) < 4.78 is 0. The fraction of sp³-hybridized carbons (Fsp3) is 0.857. The number of hydrogen-bond donors (Lipinski definition) is 1. The number of amides is 2. The molecule has 0 aromatic rings. The molecule has 1 saturated heterocycles. The molecule has 2 rings (SSSR count). The van der Waals surface area contributed by atoms with Gasteiger partial charge in [0, 0.05) is 13.1 Å². The molecular formula is C14H23N3O. The third-order valence-corrected chi connectivity index (χ3v) is 4.21. The Kier molecular flexibility index (Phi) is 4.11. The highest BCUT2D eigenvalue weighted by Crippen LogP contribution is 2.28. The van der Waals surface area contributed by atoms with Crippen molar-refractivity contribution in [3.05, 3.63) is 0 Å². The van der Waals surface area contributed by atoms with E-state index >= 15 is 0 Å². The predicted molar refractivity (Wildman–Crippen MR) is 69.9 cm³/mol. The molecule has 1 saturated carbocycles. The summed E-state index contributed by atoms with van der Waals surface area (Å²) >= 11 is 0. The van der Waals surface area contributed by atoms with Crippen LogP contribution in [0.2, 0.25) is 0 Å². The predicted octanol–water partition coefficient (Wildman–Crippen LogP) is 2.65. The molecule has 4 nitrogen and oxygen atoms in total. The number of urea groups is 1. The number of carbonyl (C=O) groups excluding carboxylic acids is 1. The number of carbonyl (C=O) groups is 1. The van der Waals surface area contributed by atoms with Crippen molar-refractivity contribution in [2.45, 2.75) is 57.4 Å². The van der Waals surface area contributed by atoms with Crippen LogP contribution >= 0.6 is 0 Å². The van der Waals surface area contributed by atoms with E-state index in [9.17, 15) is 10.1 Å². The van der Waals surface area contributed by atoms with Crippen molar-refractivity contribution in [1.82, 2.24) is 10.2 Å². The normalized spacial score (nSPS) is 27.3. The molecule has 1 unspecified atom stereocenters. The Morgan fingerprint density at radius 1 is 1.33 bits per heavy atom. The quantitative estimate of drug-likeness (QED) is 0.776. The molecule has 1 heterocycles. The van der Waals surface area contributed by atoms with Gasteiger partial charge in [0.2, 0.25) is 0 Å². The first-order valence-corrected chi connectivity index (χ1v) is 7.13. The summed E-state index contributed by atoms with van der Waals surface area (Å²) in [5.41, 5.74) is -0.601. The van der Waals surface area contributed by atoms with Crippen LogP contribution in [0.25, 0.3) is 0 Å². The van der Waals surface area contributed by atoms with Gasteiger partial charge >= 0.3 is 6.03 Å². The van der Waals surface area contributed by atoms with Crippen molar-refractivity contribution < 1.29 is 4.79 Å². The van der Waals surface area contributed by atoms with Gasteiger partial charge in [-0.15, -0.1) is 0 Å². The first-order chi connectivity index (χ1) is 8.65. The van der Waals surface area contributed by atoms with Gasteiger partial charge in [-0.1, -0.05) is 26.2 Å². The number of nitrogens with zero attached hydrogens (tertiary/aromatic N) is 2. The topological polar surface area (TPSA) is 56.1 Å². The highest BCUT2D eigenvalue weighted by Gasteiger charge is 2.35. The third kappa shape index (κ3) is 2.95. The SMILES string of the molecule is CC1CCCN(C(=O)NC2(C#N)CCCCC2)C1. The number of piperidine rings is 1. The second-order valence-electron chi connectivity index (χ2n) is 5.88. The standard InChI is InChI=1S/C14H23N3O/c1-12-6-5-9-17(10-12)13(18)16-14(11-15)7-3-2-4-8-14/h12H,2-10H2,1H3,(H,16,18). The molecule has 1 aliphatic heterocycles. The van der Waals surface area contributed by atoms with Crippen LogP contribution in [0.3, 0.4) is 0 Å². The highest BCUT2D eigenvalue weighted by atomic mass is 16.2. The van der Waals surface area contributed by atoms with Gasteiger partial charge in [0.25, 0.3) is 0 Å². The van der Waals surface area contributed by atoms with E-state index in [4.69, 9.17) is 0 Å². The molecule has 0 aromatic heterocycles. The molecule has 2 amide bonds. The van der Waals surface area contributed by atoms with Gasteiger partial charge in [-0.3, -0.25) is 0 Å². The largest absolute Gasteiger partial charge is 0.325 e. The smallest absolute Gasteiger partial charge is 0.318 e. The Balaban J connectivity index is 1.95. The van der Waals surface area contributed by atoms with E-state index in [1.54, 1.807) is 0 Å². The maximum Gasteiger partial charge on any atom is 0.318 e. The van der Waals surface area contributed by atoms with Crippen LogP contribution < -0.4 is 5.32 Å². The first kappa shape index (κ1) is 13.2. The lowest BCUT2D eigenvalue weighted by Gasteiger charge is -2.36. The molecule has 0 aromatic carbocycles. The lowest BCUT2D eigenvalue weighted by molar-refractivity contribution is 0.157. The molecule has 1 atom stereocenters. The molecule has 18 heavy (non-hydrogen) atoms. The minimum atomic E-state index is -0.601. The van der Waals surface area contributed by atoms with Crippen LogP contribution in [0.1, 0.15) is 51.9 Å². The summed E-state index contributed by atoms with van der Waals surface area (Å²) in [6.45, 7) is 3.84. The molecule has 1 aliphatic carbocycles. The molecule has 0 spiro atoms. The van der Waals surface area contributed by atoms with Gasteiger partial charge in [0.05, 0.1) is 6.07 Å². The molecule has 100 valence electrons. The van der Waals surface area contributed by atoms with Crippen LogP contribution in [-0.4, -0.2) is 29.6 Å². The number of nitriles is 1. The zero-order chi connectivity index (χ0) is 13.0. The fourth-order valence-corrected chi connectivity index (χ4v) is 3.08. The second-order valence-corrected chi connectivity index (χ2v) is 5.88. The maximum absolute atomic E-state index is 12.2. The summed E-state index contributed by atoms with van der Waals surface area (Å²) in [7, 11) is 0. The van der Waals surface area contributed by atoms with Crippen molar-refractivity contribution in [1.29, 1.82) is 5.26 Å². The maximum atomic E-state index is 12.2. The van der Waals surface area contributed by atoms with E-state index in [-0.39, 0.29) is 6.03 Å². The van der Waals surface area contributed by atoms with Crippen LogP contribution in [0.4, 0.5) is 4.79 Å². The highest BCUT2D eigenvalue weighted by molar-refractivity contribution is 5.75. The number of likely N-dealkylation sites (tertiary alicyclic amines) is 1.